The first-order chi connectivity index (χ1) is 14.2. The molecule has 0 bridgehead atoms. The Labute approximate surface area is 170 Å². The van der Waals surface area contributed by atoms with Crippen LogP contribution in [0.2, 0.25) is 0 Å². The predicted octanol–water partition coefficient (Wildman–Crippen LogP) is 3.46. The summed E-state index contributed by atoms with van der Waals surface area (Å²) < 4.78 is 12.7. The molecule has 0 aliphatic carbocycles. The molecule has 2 heterocycles. The second kappa shape index (κ2) is 8.31. The number of piperazine rings is 1. The summed E-state index contributed by atoms with van der Waals surface area (Å²) in [4.78, 5) is 17.4. The number of carbonyl (C=O) groups excluding carboxylic acids is 1. The zero-order valence-corrected chi connectivity index (χ0v) is 16.7. The lowest BCUT2D eigenvalue weighted by molar-refractivity contribution is 0.0746. The van der Waals surface area contributed by atoms with Gasteiger partial charge in [0.25, 0.3) is 5.91 Å². The van der Waals surface area contributed by atoms with Gasteiger partial charge in [-0.1, -0.05) is 12.1 Å². The molecular weight excluding hydrogens is 366 g/mol. The largest absolute Gasteiger partial charge is 0.497 e. The van der Waals surface area contributed by atoms with Crippen LogP contribution in [-0.2, 0) is 0 Å². The van der Waals surface area contributed by atoms with Crippen LogP contribution in [0.3, 0.4) is 0 Å². The summed E-state index contributed by atoms with van der Waals surface area (Å²) in [5, 5.41) is 0. The number of carbonyl (C=O) groups is 1. The molecule has 1 aromatic heterocycles. The third-order valence-corrected chi connectivity index (χ3v) is 5.29. The van der Waals surface area contributed by atoms with E-state index in [2.05, 4.69) is 4.90 Å². The first-order valence-electron chi connectivity index (χ1n) is 9.69. The zero-order valence-electron chi connectivity index (χ0n) is 16.7. The lowest BCUT2D eigenvalue weighted by Gasteiger charge is -2.36. The van der Waals surface area contributed by atoms with Gasteiger partial charge in [-0.25, -0.2) is 0 Å². The van der Waals surface area contributed by atoms with Crippen molar-refractivity contribution in [2.24, 2.45) is 0 Å². The molecule has 2 aromatic carbocycles. The number of methoxy groups -OCH3 is 2. The Kier molecular flexibility index (Phi) is 5.42. The monoisotopic (exact) mass is 391 g/mol. The Balaban J connectivity index is 1.49. The molecule has 0 N–H and O–H groups in total. The third kappa shape index (κ3) is 3.92. The number of anilines is 1. The van der Waals surface area contributed by atoms with E-state index in [-0.39, 0.29) is 5.91 Å². The highest BCUT2D eigenvalue weighted by atomic mass is 16.5. The average molecular weight is 391 g/mol. The molecule has 0 spiro atoms. The highest BCUT2D eigenvalue weighted by molar-refractivity contribution is 5.98. The quantitative estimate of drug-likeness (QED) is 0.668. The zero-order chi connectivity index (χ0) is 20.2. The fourth-order valence-electron chi connectivity index (χ4n) is 3.69. The molecule has 1 saturated heterocycles. The number of rotatable bonds is 5. The van der Waals surface area contributed by atoms with Crippen LogP contribution in [-0.4, -0.2) is 55.8 Å². The van der Waals surface area contributed by atoms with E-state index in [0.29, 0.717) is 13.1 Å². The number of hydrogen-bond donors (Lipinski definition) is 0. The van der Waals surface area contributed by atoms with Crippen molar-refractivity contribution in [3.05, 3.63) is 72.6 Å². The molecule has 29 heavy (non-hydrogen) atoms. The molecule has 1 fully saturated rings. The second-order valence-electron chi connectivity index (χ2n) is 6.96. The number of aromatic nitrogens is 1. The lowest BCUT2D eigenvalue weighted by atomic mass is 10.1. The van der Waals surface area contributed by atoms with Gasteiger partial charge in [0, 0.05) is 62.5 Å². The molecule has 1 aliphatic heterocycles. The van der Waals surface area contributed by atoms with Crippen molar-refractivity contribution in [2.75, 3.05) is 45.3 Å². The Morgan fingerprint density at radius 3 is 2.07 bits per heavy atom. The summed E-state index contributed by atoms with van der Waals surface area (Å²) in [6, 6.07) is 17.5. The van der Waals surface area contributed by atoms with E-state index in [9.17, 15) is 4.79 Å². The molecule has 0 atom stereocenters. The first kappa shape index (κ1) is 18.9. The Bertz CT molecular complexity index is 955. The molecule has 0 unspecified atom stereocenters. The van der Waals surface area contributed by atoms with Gasteiger partial charge in [0.05, 0.1) is 25.5 Å². The van der Waals surface area contributed by atoms with Gasteiger partial charge in [-0.15, -0.1) is 0 Å². The van der Waals surface area contributed by atoms with E-state index >= 15 is 0 Å². The number of para-hydroxylation sites is 1. The predicted molar refractivity (Wildman–Crippen MR) is 113 cm³/mol. The van der Waals surface area contributed by atoms with Crippen LogP contribution in [0.1, 0.15) is 10.4 Å². The number of amides is 1. The minimum Gasteiger partial charge on any atom is -0.497 e. The Morgan fingerprint density at radius 2 is 1.45 bits per heavy atom. The van der Waals surface area contributed by atoms with Crippen LogP contribution < -0.4 is 14.4 Å². The van der Waals surface area contributed by atoms with Gasteiger partial charge in [-0.3, -0.25) is 4.79 Å². The maximum Gasteiger partial charge on any atom is 0.256 e. The fraction of sp³-hybridized carbons (Fsp3) is 0.261. The fourth-order valence-corrected chi connectivity index (χ4v) is 3.69. The number of benzene rings is 2. The molecule has 4 rings (SSSR count). The highest BCUT2D eigenvalue weighted by Gasteiger charge is 2.24. The normalized spacial score (nSPS) is 14.0. The van der Waals surface area contributed by atoms with Crippen molar-refractivity contribution in [2.45, 2.75) is 0 Å². The van der Waals surface area contributed by atoms with Crippen molar-refractivity contribution in [3.63, 3.8) is 0 Å². The summed E-state index contributed by atoms with van der Waals surface area (Å²) in [5.41, 5.74) is 2.67. The van der Waals surface area contributed by atoms with Crippen LogP contribution in [0, 0.1) is 0 Å². The average Bonchev–Trinajstić information content (AvgIpc) is 3.33. The van der Waals surface area contributed by atoms with Crippen LogP contribution in [0.4, 0.5) is 5.69 Å². The van der Waals surface area contributed by atoms with Crippen LogP contribution in [0.15, 0.2) is 67.0 Å². The van der Waals surface area contributed by atoms with E-state index < -0.39 is 0 Å². The smallest absolute Gasteiger partial charge is 0.256 e. The molecule has 6 heteroatoms. The maximum absolute atomic E-state index is 13.2. The summed E-state index contributed by atoms with van der Waals surface area (Å²) in [6.07, 6.45) is 3.92. The van der Waals surface area contributed by atoms with E-state index in [4.69, 9.17) is 9.47 Å². The van der Waals surface area contributed by atoms with Gasteiger partial charge in [0.1, 0.15) is 11.5 Å². The molecule has 1 aliphatic rings. The topological polar surface area (TPSA) is 46.9 Å². The molecular formula is C23H25N3O3. The molecule has 150 valence electrons. The summed E-state index contributed by atoms with van der Waals surface area (Å²) in [5.74, 6) is 1.59. The van der Waals surface area contributed by atoms with Crippen molar-refractivity contribution in [1.82, 2.24) is 9.47 Å². The van der Waals surface area contributed by atoms with Crippen molar-refractivity contribution >= 4 is 11.6 Å². The van der Waals surface area contributed by atoms with Gasteiger partial charge >= 0.3 is 0 Å². The molecule has 0 radical (unpaired) electrons. The van der Waals surface area contributed by atoms with E-state index in [0.717, 1.165) is 41.5 Å². The van der Waals surface area contributed by atoms with E-state index in [1.54, 1.807) is 14.2 Å². The second-order valence-corrected chi connectivity index (χ2v) is 6.96. The van der Waals surface area contributed by atoms with Crippen LogP contribution in [0.5, 0.6) is 11.5 Å². The van der Waals surface area contributed by atoms with Gasteiger partial charge < -0.3 is 23.8 Å². The molecule has 3 aromatic rings. The molecule has 1 amide bonds. The maximum atomic E-state index is 13.2. The van der Waals surface area contributed by atoms with Gasteiger partial charge in [0.15, 0.2) is 0 Å². The highest BCUT2D eigenvalue weighted by Crippen LogP contribution is 2.29. The lowest BCUT2D eigenvalue weighted by Crippen LogP contribution is -2.49. The Hall–Kier alpha value is -3.41. The van der Waals surface area contributed by atoms with Gasteiger partial charge in [-0.05, 0) is 24.3 Å². The van der Waals surface area contributed by atoms with E-state index in [1.165, 1.54) is 0 Å². The number of nitrogens with zero attached hydrogens (tertiary/aromatic N) is 3. The molecule has 0 saturated carbocycles. The van der Waals surface area contributed by atoms with Crippen LogP contribution >= 0.6 is 0 Å². The van der Waals surface area contributed by atoms with Gasteiger partial charge in [-0.2, -0.15) is 0 Å². The molecule has 6 nitrogen and oxygen atoms in total. The van der Waals surface area contributed by atoms with Crippen molar-refractivity contribution in [1.29, 1.82) is 0 Å². The summed E-state index contributed by atoms with van der Waals surface area (Å²) in [7, 11) is 3.30. The standard InChI is InChI=1S/C23H25N3O3/c1-28-19-15-18(16-20(17-19)29-2)24-11-13-26(14-12-24)23(27)21-7-3-4-8-22(21)25-9-5-6-10-25/h3-10,15-17H,11-14H2,1-2H3. The third-order valence-electron chi connectivity index (χ3n) is 5.29. The van der Waals surface area contributed by atoms with Crippen molar-refractivity contribution < 1.29 is 14.3 Å². The minimum atomic E-state index is 0.0668. The van der Waals surface area contributed by atoms with Crippen LogP contribution in [0.25, 0.3) is 5.69 Å². The minimum absolute atomic E-state index is 0.0668. The summed E-state index contributed by atoms with van der Waals surface area (Å²) >= 11 is 0. The van der Waals surface area contributed by atoms with E-state index in [1.807, 2.05) is 76.5 Å². The van der Waals surface area contributed by atoms with Crippen molar-refractivity contribution in [3.8, 4) is 17.2 Å². The SMILES string of the molecule is COc1cc(OC)cc(N2CCN(C(=O)c3ccccc3-n3cccc3)CC2)c1. The number of ether oxygens (including phenoxy) is 2. The van der Waals surface area contributed by atoms with Gasteiger partial charge in [0.2, 0.25) is 0 Å². The number of hydrogen-bond acceptors (Lipinski definition) is 4. The Morgan fingerprint density at radius 1 is 0.828 bits per heavy atom. The first-order valence-corrected chi connectivity index (χ1v) is 9.69. The summed E-state index contributed by atoms with van der Waals surface area (Å²) in [6.45, 7) is 2.85.